The van der Waals surface area contributed by atoms with Crippen LogP contribution in [0.2, 0.25) is 5.15 Å². The van der Waals surface area contributed by atoms with Crippen LogP contribution in [0.1, 0.15) is 22.7 Å². The van der Waals surface area contributed by atoms with E-state index in [0.29, 0.717) is 10.7 Å². The van der Waals surface area contributed by atoms with Gasteiger partial charge < -0.3 is 5.32 Å². The fourth-order valence-corrected chi connectivity index (χ4v) is 2.87. The van der Waals surface area contributed by atoms with Crippen molar-refractivity contribution in [1.29, 1.82) is 5.26 Å². The fourth-order valence-electron chi connectivity index (χ4n) is 2.62. The van der Waals surface area contributed by atoms with Crippen molar-refractivity contribution in [1.82, 2.24) is 4.98 Å². The maximum atomic E-state index is 9.56. The molecule has 0 fully saturated rings. The average Bonchev–Trinajstić information content (AvgIpc) is 2.53. The van der Waals surface area contributed by atoms with E-state index in [-0.39, 0.29) is 0 Å². The van der Waals surface area contributed by atoms with Gasteiger partial charge in [0.15, 0.2) is 0 Å². The fraction of sp³-hybridized carbons (Fsp3) is 0.158. The number of fused-ring (bicyclic) bond motifs is 1. The lowest BCUT2D eigenvalue weighted by molar-refractivity contribution is 0.988. The van der Waals surface area contributed by atoms with Crippen LogP contribution >= 0.6 is 11.6 Å². The molecule has 3 aromatic rings. The second-order valence-electron chi connectivity index (χ2n) is 5.59. The SMILES string of the molecule is Cc1cccc(NC(C#N)c2cc3cccc(C)c3nc2Cl)c1. The van der Waals surface area contributed by atoms with Gasteiger partial charge in [0.05, 0.1) is 11.6 Å². The summed E-state index contributed by atoms with van der Waals surface area (Å²) in [7, 11) is 0. The number of aromatic nitrogens is 1. The number of pyridine rings is 1. The van der Waals surface area contributed by atoms with Crippen LogP contribution in [0.15, 0.2) is 48.5 Å². The van der Waals surface area contributed by atoms with Gasteiger partial charge in [0.25, 0.3) is 0 Å². The number of nitrogens with one attached hydrogen (secondary N) is 1. The molecule has 0 bridgehead atoms. The average molecular weight is 322 g/mol. The van der Waals surface area contributed by atoms with Crippen LogP contribution in [-0.4, -0.2) is 4.98 Å². The highest BCUT2D eigenvalue weighted by Crippen LogP contribution is 2.29. The van der Waals surface area contributed by atoms with Gasteiger partial charge in [-0.25, -0.2) is 4.98 Å². The minimum Gasteiger partial charge on any atom is -0.366 e. The van der Waals surface area contributed by atoms with Crippen molar-refractivity contribution in [3.63, 3.8) is 0 Å². The van der Waals surface area contributed by atoms with Gasteiger partial charge in [-0.2, -0.15) is 5.26 Å². The van der Waals surface area contributed by atoms with Gasteiger partial charge in [0.1, 0.15) is 11.2 Å². The van der Waals surface area contributed by atoms with Crippen molar-refractivity contribution in [2.75, 3.05) is 5.32 Å². The Morgan fingerprint density at radius 2 is 1.91 bits per heavy atom. The molecule has 4 heteroatoms. The number of benzene rings is 2. The second kappa shape index (κ2) is 6.28. The van der Waals surface area contributed by atoms with Gasteiger partial charge in [-0.05, 0) is 43.2 Å². The van der Waals surface area contributed by atoms with Gasteiger partial charge in [-0.3, -0.25) is 0 Å². The molecule has 1 atom stereocenters. The molecule has 2 aromatic carbocycles. The van der Waals surface area contributed by atoms with Crippen molar-refractivity contribution >= 4 is 28.2 Å². The van der Waals surface area contributed by atoms with Crippen LogP contribution < -0.4 is 5.32 Å². The number of anilines is 1. The number of nitrogens with zero attached hydrogens (tertiary/aromatic N) is 2. The molecule has 3 nitrogen and oxygen atoms in total. The normalized spacial score (nSPS) is 11.9. The molecule has 0 aliphatic rings. The Balaban J connectivity index is 2.03. The Kier molecular flexibility index (Phi) is 4.18. The lowest BCUT2D eigenvalue weighted by Crippen LogP contribution is -2.10. The van der Waals surface area contributed by atoms with E-state index in [1.165, 1.54) is 0 Å². The van der Waals surface area contributed by atoms with Gasteiger partial charge in [0.2, 0.25) is 0 Å². The Hall–Kier alpha value is -2.57. The van der Waals surface area contributed by atoms with Crippen molar-refractivity contribution in [2.45, 2.75) is 19.9 Å². The zero-order valence-electron chi connectivity index (χ0n) is 13.0. The quantitative estimate of drug-likeness (QED) is 0.676. The lowest BCUT2D eigenvalue weighted by Gasteiger charge is -2.16. The van der Waals surface area contributed by atoms with Crippen LogP contribution in [0, 0.1) is 25.2 Å². The summed E-state index contributed by atoms with van der Waals surface area (Å²) in [4.78, 5) is 4.48. The topological polar surface area (TPSA) is 48.7 Å². The molecule has 3 rings (SSSR count). The first-order valence-corrected chi connectivity index (χ1v) is 7.75. The predicted molar refractivity (Wildman–Crippen MR) is 94.6 cm³/mol. The molecule has 23 heavy (non-hydrogen) atoms. The summed E-state index contributed by atoms with van der Waals surface area (Å²) in [5, 5.41) is 14.1. The van der Waals surface area contributed by atoms with E-state index >= 15 is 0 Å². The van der Waals surface area contributed by atoms with Crippen LogP contribution in [0.5, 0.6) is 0 Å². The summed E-state index contributed by atoms with van der Waals surface area (Å²) in [6, 6.07) is 17.5. The predicted octanol–water partition coefficient (Wildman–Crippen LogP) is 5.18. The molecule has 1 aromatic heterocycles. The van der Waals surface area contributed by atoms with Crippen molar-refractivity contribution in [2.24, 2.45) is 0 Å². The maximum absolute atomic E-state index is 9.56. The molecule has 0 radical (unpaired) electrons. The zero-order valence-corrected chi connectivity index (χ0v) is 13.7. The van der Waals surface area contributed by atoms with Crippen LogP contribution in [0.25, 0.3) is 10.9 Å². The molecule has 0 aliphatic carbocycles. The first-order chi connectivity index (χ1) is 11.1. The van der Waals surface area contributed by atoms with Gasteiger partial charge in [-0.15, -0.1) is 0 Å². The Bertz CT molecular complexity index is 912. The van der Waals surface area contributed by atoms with Crippen LogP contribution in [-0.2, 0) is 0 Å². The van der Waals surface area contributed by atoms with Crippen molar-refractivity contribution < 1.29 is 0 Å². The summed E-state index contributed by atoms with van der Waals surface area (Å²) < 4.78 is 0. The third-order valence-electron chi connectivity index (χ3n) is 3.80. The van der Waals surface area contributed by atoms with E-state index in [9.17, 15) is 5.26 Å². The molecule has 0 amide bonds. The maximum Gasteiger partial charge on any atom is 0.143 e. The summed E-state index contributed by atoms with van der Waals surface area (Å²) in [6.07, 6.45) is 0. The molecular formula is C19H16ClN3. The first kappa shape index (κ1) is 15.3. The minimum atomic E-state index is -0.554. The number of halogens is 1. The van der Waals surface area contributed by atoms with Gasteiger partial charge >= 0.3 is 0 Å². The standard InChI is InChI=1S/C19H16ClN3/c1-12-5-3-8-15(9-12)22-17(11-21)16-10-14-7-4-6-13(2)18(14)23-19(16)20/h3-10,17,22H,1-2H3. The first-order valence-electron chi connectivity index (χ1n) is 7.37. The van der Waals surface area contributed by atoms with Crippen molar-refractivity contribution in [3.05, 3.63) is 70.4 Å². The van der Waals surface area contributed by atoms with E-state index in [0.717, 1.165) is 27.7 Å². The second-order valence-corrected chi connectivity index (χ2v) is 5.95. The number of hydrogen-bond acceptors (Lipinski definition) is 3. The summed E-state index contributed by atoms with van der Waals surface area (Å²) in [5.41, 5.74) is 4.64. The highest BCUT2D eigenvalue weighted by atomic mass is 35.5. The zero-order chi connectivity index (χ0) is 16.4. The monoisotopic (exact) mass is 321 g/mol. The number of hydrogen-bond donors (Lipinski definition) is 1. The molecule has 0 saturated heterocycles. The van der Waals surface area contributed by atoms with E-state index in [1.807, 2.05) is 62.4 Å². The largest absolute Gasteiger partial charge is 0.366 e. The number of para-hydroxylation sites is 1. The van der Waals surface area contributed by atoms with Gasteiger partial charge in [0, 0.05) is 16.6 Å². The van der Waals surface area contributed by atoms with Crippen LogP contribution in [0.3, 0.4) is 0 Å². The van der Waals surface area contributed by atoms with E-state index < -0.39 is 6.04 Å². The Morgan fingerprint density at radius 1 is 1.13 bits per heavy atom. The van der Waals surface area contributed by atoms with Crippen LogP contribution in [0.4, 0.5) is 5.69 Å². The smallest absolute Gasteiger partial charge is 0.143 e. The number of aryl methyl sites for hydroxylation is 2. The summed E-state index contributed by atoms with van der Waals surface area (Å²) in [6.45, 7) is 4.01. The summed E-state index contributed by atoms with van der Waals surface area (Å²) in [5.74, 6) is 0. The molecule has 0 spiro atoms. The molecule has 1 unspecified atom stereocenters. The Morgan fingerprint density at radius 3 is 2.65 bits per heavy atom. The van der Waals surface area contributed by atoms with E-state index in [4.69, 9.17) is 11.6 Å². The van der Waals surface area contributed by atoms with E-state index in [2.05, 4.69) is 16.4 Å². The van der Waals surface area contributed by atoms with E-state index in [1.54, 1.807) is 0 Å². The molecular weight excluding hydrogens is 306 g/mol. The molecule has 114 valence electrons. The third kappa shape index (κ3) is 3.13. The highest BCUT2D eigenvalue weighted by Gasteiger charge is 2.17. The molecule has 1 N–H and O–H groups in total. The number of nitriles is 1. The molecule has 0 saturated carbocycles. The molecule has 0 aliphatic heterocycles. The molecule has 1 heterocycles. The minimum absolute atomic E-state index is 0.360. The van der Waals surface area contributed by atoms with Crippen molar-refractivity contribution in [3.8, 4) is 6.07 Å². The lowest BCUT2D eigenvalue weighted by atomic mass is 10.0. The van der Waals surface area contributed by atoms with Gasteiger partial charge in [-0.1, -0.05) is 41.9 Å². The number of rotatable bonds is 3. The highest BCUT2D eigenvalue weighted by molar-refractivity contribution is 6.30. The third-order valence-corrected chi connectivity index (χ3v) is 4.10. The summed E-state index contributed by atoms with van der Waals surface area (Å²) >= 11 is 6.34. The Labute approximate surface area is 140 Å².